The van der Waals surface area contributed by atoms with Crippen LogP contribution >= 0.6 is 0 Å². The van der Waals surface area contributed by atoms with Gasteiger partial charge >= 0.3 is 0 Å². The fraction of sp³-hybridized carbons (Fsp3) is 0.333. The van der Waals surface area contributed by atoms with Crippen molar-refractivity contribution in [2.75, 3.05) is 18.5 Å². The third-order valence-corrected chi connectivity index (χ3v) is 4.60. The number of sulfonamides is 1. The summed E-state index contributed by atoms with van der Waals surface area (Å²) in [4.78, 5) is 18.0. The number of nitrogen functional groups attached to an aromatic ring is 1. The molecule has 1 aromatic heterocycles. The zero-order valence-corrected chi connectivity index (χ0v) is 13.5. The van der Waals surface area contributed by atoms with Gasteiger partial charge in [0.05, 0.1) is 6.26 Å². The molecule has 3 rings (SSSR count). The van der Waals surface area contributed by atoms with Crippen molar-refractivity contribution in [2.45, 2.75) is 19.0 Å². The van der Waals surface area contributed by atoms with Gasteiger partial charge in [-0.2, -0.15) is 0 Å². The number of amides is 1. The first-order valence-electron chi connectivity index (χ1n) is 7.23. The number of fused-ring (bicyclic) bond motifs is 1. The van der Waals surface area contributed by atoms with Crippen LogP contribution in [0.1, 0.15) is 12.0 Å². The fourth-order valence-electron chi connectivity index (χ4n) is 2.83. The molecule has 23 heavy (non-hydrogen) atoms. The number of carbonyl (C=O) groups excluding carboxylic acids is 1. The van der Waals surface area contributed by atoms with Gasteiger partial charge in [-0.25, -0.2) is 18.1 Å². The van der Waals surface area contributed by atoms with E-state index in [2.05, 4.69) is 9.71 Å². The smallest absolute Gasteiger partial charge is 0.241 e. The molecule has 1 unspecified atom stereocenters. The highest BCUT2D eigenvalue weighted by Gasteiger charge is 2.33. The van der Waals surface area contributed by atoms with E-state index in [-0.39, 0.29) is 5.91 Å². The number of nitrogens with two attached hydrogens (primary N) is 1. The summed E-state index contributed by atoms with van der Waals surface area (Å²) in [7, 11) is -3.39. The van der Waals surface area contributed by atoms with Gasteiger partial charge in [-0.3, -0.25) is 4.79 Å². The second kappa shape index (κ2) is 5.78. The van der Waals surface area contributed by atoms with Crippen molar-refractivity contribution in [3.63, 3.8) is 0 Å². The number of nitrogens with zero attached hydrogens (tertiary/aromatic N) is 2. The van der Waals surface area contributed by atoms with Gasteiger partial charge in [0.1, 0.15) is 11.9 Å². The lowest BCUT2D eigenvalue weighted by atomic mass is 10.1. The van der Waals surface area contributed by atoms with E-state index in [9.17, 15) is 13.2 Å². The van der Waals surface area contributed by atoms with Crippen LogP contribution in [0.15, 0.2) is 30.5 Å². The lowest BCUT2D eigenvalue weighted by molar-refractivity contribution is -0.129. The molecule has 1 saturated heterocycles. The maximum absolute atomic E-state index is 12.3. The lowest BCUT2D eigenvalue weighted by Crippen LogP contribution is -2.40. The quantitative estimate of drug-likeness (QED) is 0.845. The van der Waals surface area contributed by atoms with Gasteiger partial charge in [-0.15, -0.1) is 0 Å². The molecule has 0 spiro atoms. The average Bonchev–Trinajstić information content (AvgIpc) is 2.79. The maximum Gasteiger partial charge on any atom is 0.241 e. The summed E-state index contributed by atoms with van der Waals surface area (Å²) < 4.78 is 24.9. The van der Waals surface area contributed by atoms with Gasteiger partial charge in [0.2, 0.25) is 15.9 Å². The Bertz CT molecular complexity index is 866. The largest absolute Gasteiger partial charge is 0.383 e. The number of hydrogen-bond acceptors (Lipinski definition) is 5. The third kappa shape index (κ3) is 3.43. The zero-order valence-electron chi connectivity index (χ0n) is 12.7. The number of pyridine rings is 1. The number of hydrogen-bond donors (Lipinski definition) is 2. The predicted molar refractivity (Wildman–Crippen MR) is 88.0 cm³/mol. The first-order valence-corrected chi connectivity index (χ1v) is 9.12. The Labute approximate surface area is 134 Å². The summed E-state index contributed by atoms with van der Waals surface area (Å²) in [5.41, 5.74) is 6.80. The summed E-state index contributed by atoms with van der Waals surface area (Å²) in [6.07, 6.45) is 3.19. The molecule has 1 amide bonds. The van der Waals surface area contributed by atoms with Crippen LogP contribution in [-0.2, 0) is 21.4 Å². The molecule has 7 nitrogen and oxygen atoms in total. The van der Waals surface area contributed by atoms with Crippen molar-refractivity contribution >= 4 is 32.5 Å². The Hall–Kier alpha value is -2.19. The van der Waals surface area contributed by atoms with Crippen molar-refractivity contribution in [3.05, 3.63) is 36.0 Å². The Kier molecular flexibility index (Phi) is 3.95. The van der Waals surface area contributed by atoms with E-state index >= 15 is 0 Å². The van der Waals surface area contributed by atoms with Crippen molar-refractivity contribution in [1.29, 1.82) is 0 Å². The first kappa shape index (κ1) is 15.7. The predicted octanol–water partition coefficient (Wildman–Crippen LogP) is 0.467. The second-order valence-electron chi connectivity index (χ2n) is 5.74. The molecule has 0 saturated carbocycles. The molecule has 2 heterocycles. The van der Waals surface area contributed by atoms with Crippen LogP contribution in [0.5, 0.6) is 0 Å². The summed E-state index contributed by atoms with van der Waals surface area (Å²) in [5, 5.41) is 1.84. The van der Waals surface area contributed by atoms with Crippen LogP contribution in [0.3, 0.4) is 0 Å². The maximum atomic E-state index is 12.3. The van der Waals surface area contributed by atoms with Crippen LogP contribution in [0.4, 0.5) is 5.82 Å². The minimum absolute atomic E-state index is 0.190. The minimum Gasteiger partial charge on any atom is -0.383 e. The molecule has 1 aliphatic rings. The van der Waals surface area contributed by atoms with E-state index < -0.39 is 16.1 Å². The van der Waals surface area contributed by atoms with Gasteiger partial charge in [0.15, 0.2) is 0 Å². The molecule has 1 atom stereocenters. The van der Waals surface area contributed by atoms with E-state index in [1.807, 2.05) is 24.3 Å². The van der Waals surface area contributed by atoms with Crippen molar-refractivity contribution in [2.24, 2.45) is 0 Å². The van der Waals surface area contributed by atoms with E-state index in [1.54, 1.807) is 11.1 Å². The molecule has 0 aliphatic carbocycles. The summed E-state index contributed by atoms with van der Waals surface area (Å²) >= 11 is 0. The molecule has 3 N–H and O–H groups in total. The number of aromatic nitrogens is 1. The molecular formula is C15H18N4O3S. The molecule has 1 aromatic carbocycles. The van der Waals surface area contributed by atoms with Crippen molar-refractivity contribution < 1.29 is 13.2 Å². The normalized spacial score (nSPS) is 18.7. The molecular weight excluding hydrogens is 316 g/mol. The first-order chi connectivity index (χ1) is 10.8. The molecule has 8 heteroatoms. The summed E-state index contributed by atoms with van der Waals surface area (Å²) in [6, 6.07) is 6.97. The number of rotatable bonds is 4. The highest BCUT2D eigenvalue weighted by Crippen LogP contribution is 2.22. The van der Waals surface area contributed by atoms with E-state index in [4.69, 9.17) is 5.73 Å². The molecule has 2 aromatic rings. The molecule has 1 fully saturated rings. The van der Waals surface area contributed by atoms with E-state index in [0.29, 0.717) is 25.3 Å². The molecule has 1 aliphatic heterocycles. The molecule has 0 radical (unpaired) electrons. The van der Waals surface area contributed by atoms with Crippen LogP contribution in [0.25, 0.3) is 10.8 Å². The topological polar surface area (TPSA) is 105 Å². The zero-order chi connectivity index (χ0) is 16.6. The van der Waals surface area contributed by atoms with Crippen LogP contribution in [-0.4, -0.2) is 43.1 Å². The monoisotopic (exact) mass is 334 g/mol. The summed E-state index contributed by atoms with van der Waals surface area (Å²) in [5.74, 6) is 0.286. The van der Waals surface area contributed by atoms with Gasteiger partial charge in [-0.1, -0.05) is 12.1 Å². The SMILES string of the molecule is CS(=O)(=O)NC1CCN(Cc2ccc3c(N)nccc3c2)C1=O. The number of likely N-dealkylation sites (tertiary alicyclic amines) is 1. The highest BCUT2D eigenvalue weighted by atomic mass is 32.2. The van der Waals surface area contributed by atoms with Gasteiger partial charge in [0, 0.05) is 24.7 Å². The third-order valence-electron chi connectivity index (χ3n) is 3.89. The highest BCUT2D eigenvalue weighted by molar-refractivity contribution is 7.88. The standard InChI is InChI=1S/C15H18N4O3S/c1-23(21,22)18-13-5-7-19(15(13)20)9-10-2-3-12-11(8-10)4-6-17-14(12)16/h2-4,6,8,13,18H,5,7,9H2,1H3,(H2,16,17). The van der Waals surface area contributed by atoms with Crippen LogP contribution in [0, 0.1) is 0 Å². The van der Waals surface area contributed by atoms with Crippen LogP contribution < -0.4 is 10.5 Å². The molecule has 0 bridgehead atoms. The van der Waals surface area contributed by atoms with E-state index in [1.165, 1.54) is 0 Å². The molecule has 122 valence electrons. The Morgan fingerprint density at radius 2 is 2.17 bits per heavy atom. The van der Waals surface area contributed by atoms with Gasteiger partial charge in [0.25, 0.3) is 0 Å². The lowest BCUT2D eigenvalue weighted by Gasteiger charge is -2.17. The van der Waals surface area contributed by atoms with Gasteiger partial charge < -0.3 is 10.6 Å². The van der Waals surface area contributed by atoms with Gasteiger partial charge in [-0.05, 0) is 29.5 Å². The Morgan fingerprint density at radius 3 is 2.91 bits per heavy atom. The van der Waals surface area contributed by atoms with Crippen molar-refractivity contribution in [1.82, 2.24) is 14.6 Å². The Balaban J connectivity index is 1.76. The minimum atomic E-state index is -3.39. The number of carbonyl (C=O) groups is 1. The van der Waals surface area contributed by atoms with Crippen LogP contribution in [0.2, 0.25) is 0 Å². The van der Waals surface area contributed by atoms with E-state index in [0.717, 1.165) is 22.6 Å². The second-order valence-corrected chi connectivity index (χ2v) is 7.52. The fourth-order valence-corrected chi connectivity index (χ4v) is 3.57. The Morgan fingerprint density at radius 1 is 1.39 bits per heavy atom. The number of benzene rings is 1. The number of nitrogens with one attached hydrogen (secondary N) is 1. The summed E-state index contributed by atoms with van der Waals surface area (Å²) in [6.45, 7) is 0.974. The number of anilines is 1. The average molecular weight is 334 g/mol. The van der Waals surface area contributed by atoms with Crippen molar-refractivity contribution in [3.8, 4) is 0 Å².